The molecule has 4 nitrogen and oxygen atoms in total. The number of piperazine rings is 1. The molecule has 0 saturated carbocycles. The standard InChI is InChI=1S/C22H25FN2O2/c1-4-17-7-5-6-8-20(17)22(27)25-12-11-24(14-16(25)3)21(26)19-10-9-18(23)13-15(19)2/h5-10,13,16H,4,11-12,14H2,1-3H3. The van der Waals surface area contributed by atoms with Crippen LogP contribution in [0.2, 0.25) is 0 Å². The fourth-order valence-corrected chi connectivity index (χ4v) is 3.67. The largest absolute Gasteiger partial charge is 0.335 e. The number of rotatable bonds is 3. The van der Waals surface area contributed by atoms with Gasteiger partial charge in [-0.25, -0.2) is 4.39 Å². The minimum atomic E-state index is -0.345. The van der Waals surface area contributed by atoms with E-state index in [1.807, 2.05) is 43.0 Å². The van der Waals surface area contributed by atoms with Gasteiger partial charge in [-0.05, 0) is 55.7 Å². The number of aryl methyl sites for hydroxylation is 2. The normalized spacial score (nSPS) is 17.1. The van der Waals surface area contributed by atoms with Crippen molar-refractivity contribution in [2.24, 2.45) is 0 Å². The molecule has 0 N–H and O–H groups in total. The Morgan fingerprint density at radius 3 is 2.48 bits per heavy atom. The van der Waals surface area contributed by atoms with Crippen LogP contribution in [0.25, 0.3) is 0 Å². The van der Waals surface area contributed by atoms with Gasteiger partial charge in [0.1, 0.15) is 5.82 Å². The number of hydrogen-bond donors (Lipinski definition) is 0. The van der Waals surface area contributed by atoms with Crippen molar-refractivity contribution >= 4 is 11.8 Å². The molecule has 27 heavy (non-hydrogen) atoms. The minimum absolute atomic E-state index is 0.0185. The van der Waals surface area contributed by atoms with Crippen LogP contribution in [0.15, 0.2) is 42.5 Å². The van der Waals surface area contributed by atoms with Gasteiger partial charge in [0, 0.05) is 36.8 Å². The summed E-state index contributed by atoms with van der Waals surface area (Å²) < 4.78 is 13.3. The van der Waals surface area contributed by atoms with Crippen molar-refractivity contribution in [2.45, 2.75) is 33.2 Å². The van der Waals surface area contributed by atoms with Gasteiger partial charge in [0.25, 0.3) is 11.8 Å². The molecular formula is C22H25FN2O2. The van der Waals surface area contributed by atoms with Crippen LogP contribution >= 0.6 is 0 Å². The number of benzene rings is 2. The van der Waals surface area contributed by atoms with Gasteiger partial charge in [-0.3, -0.25) is 9.59 Å². The summed E-state index contributed by atoms with van der Waals surface area (Å²) in [7, 11) is 0. The topological polar surface area (TPSA) is 40.6 Å². The number of amides is 2. The van der Waals surface area contributed by atoms with E-state index in [2.05, 4.69) is 0 Å². The van der Waals surface area contributed by atoms with Gasteiger partial charge < -0.3 is 9.80 Å². The first-order valence-corrected chi connectivity index (χ1v) is 9.36. The smallest absolute Gasteiger partial charge is 0.254 e. The Balaban J connectivity index is 1.74. The summed E-state index contributed by atoms with van der Waals surface area (Å²) in [4.78, 5) is 29.4. The van der Waals surface area contributed by atoms with E-state index < -0.39 is 0 Å². The maximum atomic E-state index is 13.3. The molecule has 1 aliphatic heterocycles. The first-order valence-electron chi connectivity index (χ1n) is 9.36. The van der Waals surface area contributed by atoms with Crippen molar-refractivity contribution in [3.05, 3.63) is 70.5 Å². The maximum absolute atomic E-state index is 13.3. The highest BCUT2D eigenvalue weighted by Gasteiger charge is 2.31. The summed E-state index contributed by atoms with van der Waals surface area (Å²) in [5.41, 5.74) is 2.92. The van der Waals surface area contributed by atoms with E-state index in [0.29, 0.717) is 30.8 Å². The minimum Gasteiger partial charge on any atom is -0.335 e. The predicted octanol–water partition coefficient (Wildman–Crippen LogP) is 3.68. The molecule has 5 heteroatoms. The average Bonchev–Trinajstić information content (AvgIpc) is 2.67. The fourth-order valence-electron chi connectivity index (χ4n) is 3.67. The second-order valence-corrected chi connectivity index (χ2v) is 7.07. The number of carbonyl (C=O) groups is 2. The van der Waals surface area contributed by atoms with E-state index in [1.54, 1.807) is 11.8 Å². The van der Waals surface area contributed by atoms with Crippen LogP contribution in [0.1, 0.15) is 45.7 Å². The summed E-state index contributed by atoms with van der Waals surface area (Å²) in [5, 5.41) is 0. The first-order chi connectivity index (χ1) is 12.9. The molecule has 0 spiro atoms. The van der Waals surface area contributed by atoms with Gasteiger partial charge in [0.15, 0.2) is 0 Å². The van der Waals surface area contributed by atoms with Crippen molar-refractivity contribution in [3.63, 3.8) is 0 Å². The first kappa shape index (κ1) is 19.1. The van der Waals surface area contributed by atoms with Crippen LogP contribution in [0.5, 0.6) is 0 Å². The van der Waals surface area contributed by atoms with Gasteiger partial charge >= 0.3 is 0 Å². The van der Waals surface area contributed by atoms with Crippen LogP contribution in [-0.4, -0.2) is 47.3 Å². The Labute approximate surface area is 159 Å². The summed E-state index contributed by atoms with van der Waals surface area (Å²) in [6.07, 6.45) is 0.804. The molecule has 2 aromatic rings. The third-order valence-electron chi connectivity index (χ3n) is 5.22. The van der Waals surface area contributed by atoms with E-state index in [1.165, 1.54) is 18.2 Å². The summed E-state index contributed by atoms with van der Waals surface area (Å²) in [6.45, 7) is 7.17. The highest BCUT2D eigenvalue weighted by molar-refractivity contribution is 5.97. The molecule has 0 radical (unpaired) electrons. The molecule has 1 atom stereocenters. The SMILES string of the molecule is CCc1ccccc1C(=O)N1CCN(C(=O)c2ccc(F)cc2C)CC1C. The van der Waals surface area contributed by atoms with E-state index in [-0.39, 0.29) is 23.7 Å². The summed E-state index contributed by atoms with van der Waals surface area (Å²) >= 11 is 0. The van der Waals surface area contributed by atoms with Crippen molar-refractivity contribution in [1.29, 1.82) is 0 Å². The Morgan fingerprint density at radius 2 is 1.81 bits per heavy atom. The Hall–Kier alpha value is -2.69. The third kappa shape index (κ3) is 3.87. The molecule has 1 saturated heterocycles. The molecular weight excluding hydrogens is 343 g/mol. The van der Waals surface area contributed by atoms with Gasteiger partial charge in [-0.15, -0.1) is 0 Å². The quantitative estimate of drug-likeness (QED) is 0.829. The van der Waals surface area contributed by atoms with E-state index in [9.17, 15) is 14.0 Å². The molecule has 1 heterocycles. The predicted molar refractivity (Wildman–Crippen MR) is 103 cm³/mol. The lowest BCUT2D eigenvalue weighted by molar-refractivity contribution is 0.0413. The highest BCUT2D eigenvalue weighted by atomic mass is 19.1. The lowest BCUT2D eigenvalue weighted by atomic mass is 10.0. The van der Waals surface area contributed by atoms with Gasteiger partial charge in [0.05, 0.1) is 0 Å². The molecule has 2 aromatic carbocycles. The highest BCUT2D eigenvalue weighted by Crippen LogP contribution is 2.20. The van der Waals surface area contributed by atoms with Crippen LogP contribution in [0.3, 0.4) is 0 Å². The third-order valence-corrected chi connectivity index (χ3v) is 5.22. The van der Waals surface area contributed by atoms with E-state index in [0.717, 1.165) is 17.5 Å². The van der Waals surface area contributed by atoms with Gasteiger partial charge in [-0.1, -0.05) is 25.1 Å². The summed E-state index contributed by atoms with van der Waals surface area (Å²) in [5.74, 6) is -0.437. The maximum Gasteiger partial charge on any atom is 0.254 e. The van der Waals surface area contributed by atoms with Crippen LogP contribution < -0.4 is 0 Å². The molecule has 0 aliphatic carbocycles. The molecule has 1 unspecified atom stereocenters. The lowest BCUT2D eigenvalue weighted by Gasteiger charge is -2.40. The van der Waals surface area contributed by atoms with E-state index in [4.69, 9.17) is 0 Å². The average molecular weight is 368 g/mol. The Kier molecular flexibility index (Phi) is 5.59. The zero-order chi connectivity index (χ0) is 19.6. The van der Waals surface area contributed by atoms with Gasteiger partial charge in [-0.2, -0.15) is 0 Å². The summed E-state index contributed by atoms with van der Waals surface area (Å²) in [6, 6.07) is 11.8. The van der Waals surface area contributed by atoms with Crippen molar-refractivity contribution in [2.75, 3.05) is 19.6 Å². The molecule has 2 amide bonds. The zero-order valence-electron chi connectivity index (χ0n) is 16.0. The van der Waals surface area contributed by atoms with Crippen molar-refractivity contribution < 1.29 is 14.0 Å². The van der Waals surface area contributed by atoms with Gasteiger partial charge in [0.2, 0.25) is 0 Å². The Morgan fingerprint density at radius 1 is 1.07 bits per heavy atom. The van der Waals surface area contributed by atoms with E-state index >= 15 is 0 Å². The number of hydrogen-bond acceptors (Lipinski definition) is 2. The van der Waals surface area contributed by atoms with Crippen LogP contribution in [0.4, 0.5) is 4.39 Å². The molecule has 0 aromatic heterocycles. The number of carbonyl (C=O) groups excluding carboxylic acids is 2. The van der Waals surface area contributed by atoms with Crippen LogP contribution in [0, 0.1) is 12.7 Å². The van der Waals surface area contributed by atoms with Crippen molar-refractivity contribution in [1.82, 2.24) is 9.80 Å². The molecule has 1 aliphatic rings. The van der Waals surface area contributed by atoms with Crippen molar-refractivity contribution in [3.8, 4) is 0 Å². The Bertz CT molecular complexity index is 865. The second kappa shape index (κ2) is 7.91. The molecule has 142 valence electrons. The molecule has 0 bridgehead atoms. The monoisotopic (exact) mass is 368 g/mol. The second-order valence-electron chi connectivity index (χ2n) is 7.07. The lowest BCUT2D eigenvalue weighted by Crippen LogP contribution is -2.55. The fraction of sp³-hybridized carbons (Fsp3) is 0.364. The number of nitrogens with zero attached hydrogens (tertiary/aromatic N) is 2. The zero-order valence-corrected chi connectivity index (χ0v) is 16.0. The molecule has 3 rings (SSSR count). The number of halogens is 1. The molecule has 1 fully saturated rings. The van der Waals surface area contributed by atoms with Crippen LogP contribution in [-0.2, 0) is 6.42 Å².